The smallest absolute Gasteiger partial charge is 0.0454 e. The van der Waals surface area contributed by atoms with Crippen molar-refractivity contribution in [2.75, 3.05) is 0 Å². The van der Waals surface area contributed by atoms with Crippen LogP contribution in [-0.4, -0.2) is 6.04 Å². The molecule has 0 spiro atoms. The van der Waals surface area contributed by atoms with Gasteiger partial charge in [0.25, 0.3) is 0 Å². The van der Waals surface area contributed by atoms with Gasteiger partial charge in [0.05, 0.1) is 0 Å². The van der Waals surface area contributed by atoms with E-state index in [0.29, 0.717) is 6.04 Å². The van der Waals surface area contributed by atoms with Crippen LogP contribution in [0, 0.1) is 0 Å². The number of rotatable bonds is 7. The van der Waals surface area contributed by atoms with Crippen LogP contribution in [0.5, 0.6) is 0 Å². The van der Waals surface area contributed by atoms with Crippen LogP contribution in [0.2, 0.25) is 10.0 Å². The molecule has 1 nitrogen and oxygen atoms in total. The second-order valence-electron chi connectivity index (χ2n) is 4.95. The van der Waals surface area contributed by atoms with Gasteiger partial charge in [0.2, 0.25) is 0 Å². The second-order valence-corrected chi connectivity index (χ2v) is 5.79. The fourth-order valence-corrected chi connectivity index (χ4v) is 2.61. The highest BCUT2D eigenvalue weighted by atomic mass is 35.5. The van der Waals surface area contributed by atoms with Crippen molar-refractivity contribution in [3.05, 3.63) is 33.8 Å². The maximum Gasteiger partial charge on any atom is 0.0454 e. The minimum absolute atomic E-state index is 0.229. The van der Waals surface area contributed by atoms with Gasteiger partial charge in [0, 0.05) is 22.1 Å². The second kappa shape index (κ2) is 8.04. The van der Waals surface area contributed by atoms with E-state index in [1.807, 2.05) is 18.2 Å². The number of benzene rings is 1. The first-order valence-electron chi connectivity index (χ1n) is 6.75. The average Bonchev–Trinajstić information content (AvgIpc) is 2.32. The first-order chi connectivity index (χ1) is 8.54. The molecule has 0 radical (unpaired) electrons. The lowest BCUT2D eigenvalue weighted by Gasteiger charge is -2.21. The van der Waals surface area contributed by atoms with Crippen LogP contribution in [0.4, 0.5) is 0 Å². The summed E-state index contributed by atoms with van der Waals surface area (Å²) < 4.78 is 0. The van der Waals surface area contributed by atoms with Crippen molar-refractivity contribution in [1.82, 2.24) is 5.32 Å². The third kappa shape index (κ3) is 5.17. The lowest BCUT2D eigenvalue weighted by atomic mass is 10.1. The van der Waals surface area contributed by atoms with Crippen molar-refractivity contribution in [1.29, 1.82) is 0 Å². The molecular weight excluding hydrogens is 265 g/mol. The van der Waals surface area contributed by atoms with E-state index in [2.05, 4.69) is 26.1 Å². The summed E-state index contributed by atoms with van der Waals surface area (Å²) in [6.45, 7) is 6.59. The van der Waals surface area contributed by atoms with Crippen LogP contribution in [-0.2, 0) is 0 Å². The topological polar surface area (TPSA) is 12.0 Å². The van der Waals surface area contributed by atoms with E-state index in [1.165, 1.54) is 25.7 Å². The molecule has 0 aromatic heterocycles. The lowest BCUT2D eigenvalue weighted by Crippen LogP contribution is -2.29. The predicted molar refractivity (Wildman–Crippen MR) is 81.6 cm³/mol. The quantitative estimate of drug-likeness (QED) is 0.643. The molecule has 3 heteroatoms. The Hall–Kier alpha value is -0.240. The molecule has 0 heterocycles. The van der Waals surface area contributed by atoms with Gasteiger partial charge in [-0.2, -0.15) is 0 Å². The third-order valence-corrected chi connectivity index (χ3v) is 3.78. The Bertz CT molecular complexity index is 366. The Balaban J connectivity index is 2.53. The van der Waals surface area contributed by atoms with Crippen molar-refractivity contribution >= 4 is 23.2 Å². The normalized spacial score (nSPS) is 14.5. The molecule has 0 amide bonds. The molecule has 1 aromatic rings. The summed E-state index contributed by atoms with van der Waals surface area (Å²) in [6, 6.07) is 6.36. The monoisotopic (exact) mass is 287 g/mol. The minimum Gasteiger partial charge on any atom is -0.308 e. The molecule has 0 aliphatic rings. The van der Waals surface area contributed by atoms with Gasteiger partial charge in [-0.25, -0.2) is 0 Å². The van der Waals surface area contributed by atoms with E-state index in [-0.39, 0.29) is 6.04 Å². The lowest BCUT2D eigenvalue weighted by molar-refractivity contribution is 0.440. The van der Waals surface area contributed by atoms with Gasteiger partial charge in [-0.1, -0.05) is 49.4 Å². The molecular formula is C15H23Cl2N. The predicted octanol–water partition coefficient (Wildman–Crippen LogP) is 5.61. The highest BCUT2D eigenvalue weighted by Gasteiger charge is 2.12. The molecule has 0 saturated carbocycles. The molecule has 18 heavy (non-hydrogen) atoms. The summed E-state index contributed by atoms with van der Waals surface area (Å²) in [6.07, 6.45) is 5.05. The molecule has 2 atom stereocenters. The minimum atomic E-state index is 0.229. The van der Waals surface area contributed by atoms with E-state index in [4.69, 9.17) is 23.2 Å². The molecule has 0 saturated heterocycles. The van der Waals surface area contributed by atoms with Crippen molar-refractivity contribution in [3.8, 4) is 0 Å². The van der Waals surface area contributed by atoms with Gasteiger partial charge >= 0.3 is 0 Å². The van der Waals surface area contributed by atoms with E-state index >= 15 is 0 Å². The van der Waals surface area contributed by atoms with Gasteiger partial charge in [0.1, 0.15) is 0 Å². The SMILES string of the molecule is CCCCCC(C)NC(C)c1cc(Cl)ccc1Cl. The standard InChI is InChI=1S/C15H23Cl2N/c1-4-5-6-7-11(2)18-12(3)14-10-13(16)8-9-15(14)17/h8-12,18H,4-7H2,1-3H3. The zero-order valence-electron chi connectivity index (χ0n) is 11.5. The first kappa shape index (κ1) is 15.8. The summed E-state index contributed by atoms with van der Waals surface area (Å²) in [7, 11) is 0. The van der Waals surface area contributed by atoms with Crippen LogP contribution < -0.4 is 5.32 Å². The van der Waals surface area contributed by atoms with E-state index in [0.717, 1.165) is 15.6 Å². The van der Waals surface area contributed by atoms with Gasteiger partial charge in [-0.05, 0) is 44.0 Å². The summed E-state index contributed by atoms with van der Waals surface area (Å²) in [5.74, 6) is 0. The molecule has 0 aliphatic carbocycles. The van der Waals surface area contributed by atoms with Crippen molar-refractivity contribution < 1.29 is 0 Å². The molecule has 1 N–H and O–H groups in total. The average molecular weight is 288 g/mol. The summed E-state index contributed by atoms with van der Waals surface area (Å²) in [5.41, 5.74) is 1.08. The molecule has 2 unspecified atom stereocenters. The van der Waals surface area contributed by atoms with E-state index in [1.54, 1.807) is 0 Å². The highest BCUT2D eigenvalue weighted by Crippen LogP contribution is 2.26. The van der Waals surface area contributed by atoms with Crippen LogP contribution in [0.3, 0.4) is 0 Å². The zero-order valence-corrected chi connectivity index (χ0v) is 13.0. The van der Waals surface area contributed by atoms with Crippen molar-refractivity contribution in [3.63, 3.8) is 0 Å². The Morgan fingerprint density at radius 2 is 1.89 bits per heavy atom. The Labute approximate surface area is 121 Å². The number of unbranched alkanes of at least 4 members (excludes halogenated alkanes) is 2. The summed E-state index contributed by atoms with van der Waals surface area (Å²) in [4.78, 5) is 0. The summed E-state index contributed by atoms with van der Waals surface area (Å²) >= 11 is 12.2. The number of nitrogens with one attached hydrogen (secondary N) is 1. The number of hydrogen-bond acceptors (Lipinski definition) is 1. The largest absolute Gasteiger partial charge is 0.308 e. The van der Waals surface area contributed by atoms with Gasteiger partial charge in [0.15, 0.2) is 0 Å². The van der Waals surface area contributed by atoms with Crippen LogP contribution in [0.25, 0.3) is 0 Å². The van der Waals surface area contributed by atoms with Gasteiger partial charge in [-0.15, -0.1) is 0 Å². The Kier molecular flexibility index (Phi) is 7.06. The fraction of sp³-hybridized carbons (Fsp3) is 0.600. The molecule has 1 aromatic carbocycles. The van der Waals surface area contributed by atoms with Crippen molar-refractivity contribution in [2.45, 2.75) is 58.5 Å². The van der Waals surface area contributed by atoms with E-state index in [9.17, 15) is 0 Å². The molecule has 0 bridgehead atoms. The third-order valence-electron chi connectivity index (χ3n) is 3.20. The number of hydrogen-bond donors (Lipinski definition) is 1. The zero-order chi connectivity index (χ0) is 13.5. The Morgan fingerprint density at radius 3 is 2.56 bits per heavy atom. The first-order valence-corrected chi connectivity index (χ1v) is 7.51. The van der Waals surface area contributed by atoms with Gasteiger partial charge < -0.3 is 5.32 Å². The van der Waals surface area contributed by atoms with Gasteiger partial charge in [-0.3, -0.25) is 0 Å². The van der Waals surface area contributed by atoms with Crippen LogP contribution in [0.1, 0.15) is 58.1 Å². The Morgan fingerprint density at radius 1 is 1.17 bits per heavy atom. The molecule has 1 rings (SSSR count). The maximum atomic E-state index is 6.20. The van der Waals surface area contributed by atoms with Crippen LogP contribution in [0.15, 0.2) is 18.2 Å². The number of halogens is 2. The fourth-order valence-electron chi connectivity index (χ4n) is 2.15. The highest BCUT2D eigenvalue weighted by molar-refractivity contribution is 6.33. The van der Waals surface area contributed by atoms with Crippen LogP contribution >= 0.6 is 23.2 Å². The maximum absolute atomic E-state index is 6.20. The van der Waals surface area contributed by atoms with Crippen molar-refractivity contribution in [2.24, 2.45) is 0 Å². The van der Waals surface area contributed by atoms with E-state index < -0.39 is 0 Å². The molecule has 0 aliphatic heterocycles. The molecule has 0 fully saturated rings. The summed E-state index contributed by atoms with van der Waals surface area (Å²) in [5, 5.41) is 5.10. The molecule has 102 valence electrons.